The van der Waals surface area contributed by atoms with E-state index in [1.165, 1.54) is 6.42 Å². The molecule has 0 aliphatic rings. The van der Waals surface area contributed by atoms with E-state index in [0.717, 1.165) is 12.3 Å². The van der Waals surface area contributed by atoms with Crippen LogP contribution in [-0.4, -0.2) is 11.2 Å². The molecule has 0 aliphatic heterocycles. The molecule has 0 bridgehead atoms. The predicted molar refractivity (Wildman–Crippen MR) is 58.7 cm³/mol. The molecule has 0 aromatic rings. The van der Waals surface area contributed by atoms with Crippen molar-refractivity contribution in [3.8, 4) is 0 Å². The van der Waals surface area contributed by atoms with Gasteiger partial charge >= 0.3 is 0 Å². The minimum absolute atomic E-state index is 0.176. The maximum absolute atomic E-state index is 9.37. The molecule has 13 heavy (non-hydrogen) atoms. The van der Waals surface area contributed by atoms with Crippen LogP contribution in [0.2, 0.25) is 0 Å². The van der Waals surface area contributed by atoms with Gasteiger partial charge < -0.3 is 5.11 Å². The molecule has 0 spiro atoms. The minimum Gasteiger partial charge on any atom is -0.393 e. The fraction of sp³-hybridized carbons (Fsp3) is 1.00. The van der Waals surface area contributed by atoms with Crippen LogP contribution < -0.4 is 0 Å². The van der Waals surface area contributed by atoms with Crippen LogP contribution >= 0.6 is 0 Å². The van der Waals surface area contributed by atoms with Crippen molar-refractivity contribution < 1.29 is 5.11 Å². The number of aliphatic hydroxyl groups is 1. The quantitative estimate of drug-likeness (QED) is 0.697. The Balaban J connectivity index is 4.10. The summed E-state index contributed by atoms with van der Waals surface area (Å²) >= 11 is 0. The third-order valence-electron chi connectivity index (χ3n) is 2.98. The van der Waals surface area contributed by atoms with Crippen molar-refractivity contribution in [3.05, 3.63) is 0 Å². The highest BCUT2D eigenvalue weighted by Crippen LogP contribution is 2.35. The standard InChI is InChI=1S/C12H26O/c1-9(2)7-10(3)12(5,6)8-11(4)13/h9-11,13H,7-8H2,1-6H3. The highest BCUT2D eigenvalue weighted by Gasteiger charge is 2.27. The molecule has 0 aromatic carbocycles. The van der Waals surface area contributed by atoms with Gasteiger partial charge in [0.25, 0.3) is 0 Å². The highest BCUT2D eigenvalue weighted by atomic mass is 16.3. The first-order chi connectivity index (χ1) is 5.75. The summed E-state index contributed by atoms with van der Waals surface area (Å²) in [6.45, 7) is 13.2. The Morgan fingerprint density at radius 1 is 1.08 bits per heavy atom. The lowest BCUT2D eigenvalue weighted by atomic mass is 9.73. The summed E-state index contributed by atoms with van der Waals surface area (Å²) in [4.78, 5) is 0. The van der Waals surface area contributed by atoms with E-state index in [1.54, 1.807) is 0 Å². The monoisotopic (exact) mass is 186 g/mol. The summed E-state index contributed by atoms with van der Waals surface area (Å²) in [5.41, 5.74) is 0.262. The summed E-state index contributed by atoms with van der Waals surface area (Å²) in [6, 6.07) is 0. The molecule has 1 heteroatoms. The van der Waals surface area contributed by atoms with Crippen molar-refractivity contribution in [3.63, 3.8) is 0 Å². The van der Waals surface area contributed by atoms with Crippen molar-refractivity contribution in [2.75, 3.05) is 0 Å². The van der Waals surface area contributed by atoms with E-state index in [-0.39, 0.29) is 11.5 Å². The van der Waals surface area contributed by atoms with Crippen molar-refractivity contribution >= 4 is 0 Å². The van der Waals surface area contributed by atoms with Gasteiger partial charge in [-0.3, -0.25) is 0 Å². The van der Waals surface area contributed by atoms with Crippen LogP contribution in [-0.2, 0) is 0 Å². The first kappa shape index (κ1) is 13.0. The minimum atomic E-state index is -0.176. The van der Waals surface area contributed by atoms with Crippen molar-refractivity contribution in [1.82, 2.24) is 0 Å². The molecule has 0 saturated carbocycles. The first-order valence-corrected chi connectivity index (χ1v) is 5.43. The normalized spacial score (nSPS) is 17.5. The molecule has 0 fully saturated rings. The molecule has 80 valence electrons. The van der Waals surface area contributed by atoms with E-state index in [2.05, 4.69) is 34.6 Å². The Kier molecular flexibility index (Phi) is 4.98. The van der Waals surface area contributed by atoms with Gasteiger partial charge in [-0.25, -0.2) is 0 Å². The van der Waals surface area contributed by atoms with Gasteiger partial charge in [0, 0.05) is 0 Å². The lowest BCUT2D eigenvalue weighted by Crippen LogP contribution is -2.27. The fourth-order valence-corrected chi connectivity index (χ4v) is 1.99. The molecular weight excluding hydrogens is 160 g/mol. The summed E-state index contributed by atoms with van der Waals surface area (Å²) in [5.74, 6) is 1.44. The van der Waals surface area contributed by atoms with E-state index in [0.29, 0.717) is 5.92 Å². The summed E-state index contributed by atoms with van der Waals surface area (Å²) in [6.07, 6.45) is 1.98. The Morgan fingerprint density at radius 2 is 1.54 bits per heavy atom. The van der Waals surface area contributed by atoms with Gasteiger partial charge in [-0.05, 0) is 37.0 Å². The molecule has 0 aliphatic carbocycles. The topological polar surface area (TPSA) is 20.2 Å². The molecule has 2 unspecified atom stereocenters. The van der Waals surface area contributed by atoms with Crippen LogP contribution in [0.3, 0.4) is 0 Å². The van der Waals surface area contributed by atoms with Crippen molar-refractivity contribution in [1.29, 1.82) is 0 Å². The molecule has 1 N–H and O–H groups in total. The van der Waals surface area contributed by atoms with Gasteiger partial charge in [-0.15, -0.1) is 0 Å². The maximum Gasteiger partial charge on any atom is 0.0517 e. The van der Waals surface area contributed by atoms with Gasteiger partial charge in [-0.1, -0.05) is 34.6 Å². The molecule has 0 radical (unpaired) electrons. The Bertz CT molecular complexity index is 136. The molecule has 2 atom stereocenters. The average molecular weight is 186 g/mol. The molecule has 1 nitrogen and oxygen atoms in total. The summed E-state index contributed by atoms with van der Waals surface area (Å²) in [7, 11) is 0. The Hall–Kier alpha value is -0.0400. The lowest BCUT2D eigenvalue weighted by Gasteiger charge is -2.34. The van der Waals surface area contributed by atoms with E-state index in [9.17, 15) is 5.11 Å². The lowest BCUT2D eigenvalue weighted by molar-refractivity contribution is 0.0878. The number of rotatable bonds is 5. The van der Waals surface area contributed by atoms with Gasteiger partial charge in [0.05, 0.1) is 6.10 Å². The van der Waals surface area contributed by atoms with Crippen LogP contribution in [0, 0.1) is 17.3 Å². The predicted octanol–water partition coefficient (Wildman–Crippen LogP) is 3.47. The zero-order valence-corrected chi connectivity index (χ0v) is 10.1. The Morgan fingerprint density at radius 3 is 1.85 bits per heavy atom. The zero-order valence-electron chi connectivity index (χ0n) is 10.1. The van der Waals surface area contributed by atoms with Gasteiger partial charge in [0.2, 0.25) is 0 Å². The largest absolute Gasteiger partial charge is 0.393 e. The number of hydrogen-bond acceptors (Lipinski definition) is 1. The van der Waals surface area contributed by atoms with Gasteiger partial charge in [0.15, 0.2) is 0 Å². The molecule has 0 heterocycles. The second-order valence-electron chi connectivity index (χ2n) is 5.57. The van der Waals surface area contributed by atoms with E-state index in [1.807, 2.05) is 6.92 Å². The molecule has 0 rings (SSSR count). The highest BCUT2D eigenvalue weighted by molar-refractivity contribution is 4.77. The molecule has 0 saturated heterocycles. The van der Waals surface area contributed by atoms with Crippen LogP contribution in [0.5, 0.6) is 0 Å². The van der Waals surface area contributed by atoms with E-state index >= 15 is 0 Å². The third-order valence-corrected chi connectivity index (χ3v) is 2.98. The smallest absolute Gasteiger partial charge is 0.0517 e. The summed E-state index contributed by atoms with van der Waals surface area (Å²) in [5, 5.41) is 9.37. The number of hydrogen-bond donors (Lipinski definition) is 1. The third kappa shape index (κ3) is 5.30. The Labute approximate surface area is 83.5 Å². The molecule has 0 aromatic heterocycles. The van der Waals surface area contributed by atoms with Crippen molar-refractivity contribution in [2.45, 2.75) is 60.5 Å². The van der Waals surface area contributed by atoms with Crippen LogP contribution in [0.1, 0.15) is 54.4 Å². The van der Waals surface area contributed by atoms with E-state index < -0.39 is 0 Å². The van der Waals surface area contributed by atoms with Gasteiger partial charge in [0.1, 0.15) is 0 Å². The first-order valence-electron chi connectivity index (χ1n) is 5.43. The SMILES string of the molecule is CC(C)CC(C)C(C)(C)CC(C)O. The second kappa shape index (κ2) is 4.99. The molecule has 0 amide bonds. The van der Waals surface area contributed by atoms with Crippen LogP contribution in [0.4, 0.5) is 0 Å². The summed E-state index contributed by atoms with van der Waals surface area (Å²) < 4.78 is 0. The van der Waals surface area contributed by atoms with Gasteiger partial charge in [-0.2, -0.15) is 0 Å². The average Bonchev–Trinajstić information content (AvgIpc) is 1.81. The maximum atomic E-state index is 9.37. The zero-order chi connectivity index (χ0) is 10.6. The van der Waals surface area contributed by atoms with E-state index in [4.69, 9.17) is 0 Å². The van der Waals surface area contributed by atoms with Crippen molar-refractivity contribution in [2.24, 2.45) is 17.3 Å². The fourth-order valence-electron chi connectivity index (χ4n) is 1.99. The second-order valence-corrected chi connectivity index (χ2v) is 5.57. The van der Waals surface area contributed by atoms with Crippen LogP contribution in [0.25, 0.3) is 0 Å². The number of aliphatic hydroxyl groups excluding tert-OH is 1. The van der Waals surface area contributed by atoms with Crippen LogP contribution in [0.15, 0.2) is 0 Å². The molecular formula is C12H26O.